The van der Waals surface area contributed by atoms with Gasteiger partial charge in [0, 0.05) is 30.1 Å². The van der Waals surface area contributed by atoms with Crippen molar-refractivity contribution in [2.75, 3.05) is 11.9 Å². The van der Waals surface area contributed by atoms with Crippen molar-refractivity contribution < 1.29 is 14.1 Å². The number of benzene rings is 2. The van der Waals surface area contributed by atoms with E-state index in [1.54, 1.807) is 11.3 Å². The highest BCUT2D eigenvalue weighted by atomic mass is 32.1. The maximum atomic E-state index is 13.0. The molecular weight excluding hydrogens is 496 g/mol. The second-order valence-corrected chi connectivity index (χ2v) is 10.6. The highest BCUT2D eigenvalue weighted by Crippen LogP contribution is 2.46. The summed E-state index contributed by atoms with van der Waals surface area (Å²) >= 11 is 3.13. The SMILES string of the molecule is O=C(Nc1sc2c(c1-c1nc3ccccc3s1)CCN(Cc1ccccc1)C2)c1ccc([N+](=O)[O-])o1. The summed E-state index contributed by atoms with van der Waals surface area (Å²) in [6, 6.07) is 20.8. The van der Waals surface area contributed by atoms with E-state index in [0.717, 1.165) is 46.8 Å². The maximum Gasteiger partial charge on any atom is 0.433 e. The van der Waals surface area contributed by atoms with Crippen LogP contribution in [-0.4, -0.2) is 27.3 Å². The lowest BCUT2D eigenvalue weighted by Crippen LogP contribution is -2.29. The number of nitro groups is 1. The molecule has 8 nitrogen and oxygen atoms in total. The number of aromatic nitrogens is 1. The van der Waals surface area contributed by atoms with E-state index in [0.29, 0.717) is 5.00 Å². The summed E-state index contributed by atoms with van der Waals surface area (Å²) in [5.41, 5.74) is 4.31. The fourth-order valence-electron chi connectivity index (χ4n) is 4.44. The Morgan fingerprint density at radius 1 is 1.08 bits per heavy atom. The Balaban J connectivity index is 1.36. The molecule has 0 spiro atoms. The molecule has 0 radical (unpaired) electrons. The van der Waals surface area contributed by atoms with Crippen molar-refractivity contribution in [2.24, 2.45) is 0 Å². The van der Waals surface area contributed by atoms with E-state index in [-0.39, 0.29) is 5.76 Å². The number of fused-ring (bicyclic) bond motifs is 2. The van der Waals surface area contributed by atoms with Crippen molar-refractivity contribution in [3.8, 4) is 10.6 Å². The first kappa shape index (κ1) is 22.6. The minimum absolute atomic E-state index is 0.103. The lowest BCUT2D eigenvalue weighted by atomic mass is 10.0. The predicted molar refractivity (Wildman–Crippen MR) is 141 cm³/mol. The van der Waals surface area contributed by atoms with Crippen molar-refractivity contribution >= 4 is 49.7 Å². The molecule has 1 N–H and O–H groups in total. The van der Waals surface area contributed by atoms with Crippen molar-refractivity contribution in [1.29, 1.82) is 0 Å². The Morgan fingerprint density at radius 3 is 2.67 bits per heavy atom. The van der Waals surface area contributed by atoms with Crippen molar-refractivity contribution in [2.45, 2.75) is 19.5 Å². The number of amides is 1. The number of nitrogens with one attached hydrogen (secondary N) is 1. The fraction of sp³-hybridized carbons (Fsp3) is 0.154. The predicted octanol–water partition coefficient (Wildman–Crippen LogP) is 6.34. The van der Waals surface area contributed by atoms with Gasteiger partial charge in [0.1, 0.15) is 14.9 Å². The highest BCUT2D eigenvalue weighted by molar-refractivity contribution is 7.23. The molecule has 10 heteroatoms. The van der Waals surface area contributed by atoms with Gasteiger partial charge in [0.15, 0.2) is 5.76 Å². The van der Waals surface area contributed by atoms with Crippen LogP contribution in [0.4, 0.5) is 10.9 Å². The standard InChI is InChI=1S/C26H20N4O4S2/c31-24(19-10-11-22(34-19)30(32)33)28-26-23(25-27-18-8-4-5-9-20(18)35-25)17-12-13-29(15-21(17)36-26)14-16-6-2-1-3-7-16/h1-11H,12-15H2,(H,28,31). The molecular formula is C26H20N4O4S2. The van der Waals surface area contributed by atoms with Gasteiger partial charge in [-0.3, -0.25) is 19.8 Å². The van der Waals surface area contributed by atoms with Gasteiger partial charge in [0.2, 0.25) is 0 Å². The molecule has 0 saturated heterocycles. The van der Waals surface area contributed by atoms with Crippen LogP contribution in [0.25, 0.3) is 20.8 Å². The van der Waals surface area contributed by atoms with Gasteiger partial charge in [-0.1, -0.05) is 42.5 Å². The molecule has 1 amide bonds. The molecule has 36 heavy (non-hydrogen) atoms. The van der Waals surface area contributed by atoms with Gasteiger partial charge in [-0.05, 0) is 35.7 Å². The molecule has 2 aromatic carbocycles. The van der Waals surface area contributed by atoms with Crippen LogP contribution in [0.2, 0.25) is 0 Å². The number of hydrogen-bond acceptors (Lipinski definition) is 8. The van der Waals surface area contributed by atoms with Crippen LogP contribution in [0.3, 0.4) is 0 Å². The molecule has 180 valence electrons. The van der Waals surface area contributed by atoms with Crippen LogP contribution in [0.1, 0.15) is 26.6 Å². The minimum Gasteiger partial charge on any atom is -0.395 e. The number of thiophene rings is 1. The van der Waals surface area contributed by atoms with Crippen LogP contribution in [0, 0.1) is 10.1 Å². The summed E-state index contributed by atoms with van der Waals surface area (Å²) in [5, 5.41) is 15.5. The number of carbonyl (C=O) groups is 1. The fourth-order valence-corrected chi connectivity index (χ4v) is 6.83. The summed E-state index contributed by atoms with van der Waals surface area (Å²) in [5.74, 6) is -1.09. The molecule has 0 bridgehead atoms. The third kappa shape index (κ3) is 4.30. The zero-order valence-electron chi connectivity index (χ0n) is 19.0. The zero-order valence-corrected chi connectivity index (χ0v) is 20.6. The minimum atomic E-state index is -0.658. The van der Waals surface area contributed by atoms with Crippen molar-refractivity contribution in [3.63, 3.8) is 0 Å². The van der Waals surface area contributed by atoms with Gasteiger partial charge < -0.3 is 9.73 Å². The summed E-state index contributed by atoms with van der Waals surface area (Å²) in [7, 11) is 0. The zero-order chi connectivity index (χ0) is 24.6. The van der Waals surface area contributed by atoms with Crippen molar-refractivity contribution in [3.05, 3.63) is 98.6 Å². The molecule has 1 aliphatic rings. The lowest BCUT2D eigenvalue weighted by Gasteiger charge is -2.27. The van der Waals surface area contributed by atoms with Gasteiger partial charge in [-0.25, -0.2) is 4.98 Å². The number of anilines is 1. The second-order valence-electron chi connectivity index (χ2n) is 8.49. The van der Waals surface area contributed by atoms with Crippen LogP contribution in [0.5, 0.6) is 0 Å². The Kier molecular flexibility index (Phi) is 5.84. The first-order chi connectivity index (χ1) is 17.5. The van der Waals surface area contributed by atoms with Gasteiger partial charge in [-0.15, -0.1) is 22.7 Å². The quantitative estimate of drug-likeness (QED) is 0.209. The van der Waals surface area contributed by atoms with Gasteiger partial charge in [0.25, 0.3) is 5.91 Å². The first-order valence-corrected chi connectivity index (χ1v) is 13.0. The van der Waals surface area contributed by atoms with E-state index in [2.05, 4.69) is 22.3 Å². The van der Waals surface area contributed by atoms with Gasteiger partial charge >= 0.3 is 5.88 Å². The maximum absolute atomic E-state index is 13.0. The first-order valence-electron chi connectivity index (χ1n) is 11.4. The number of rotatable bonds is 6. The number of hydrogen-bond donors (Lipinski definition) is 1. The molecule has 0 aliphatic carbocycles. The third-order valence-corrected chi connectivity index (χ3v) is 8.30. The second kappa shape index (κ2) is 9.30. The van der Waals surface area contributed by atoms with E-state index in [4.69, 9.17) is 9.40 Å². The normalized spacial score (nSPS) is 13.6. The number of furan rings is 1. The van der Waals surface area contributed by atoms with Gasteiger partial charge in [0.05, 0.1) is 16.3 Å². The average molecular weight is 517 g/mol. The Hall–Kier alpha value is -3.86. The van der Waals surface area contributed by atoms with Crippen LogP contribution < -0.4 is 5.32 Å². The van der Waals surface area contributed by atoms with Crippen LogP contribution >= 0.6 is 22.7 Å². The van der Waals surface area contributed by atoms with E-state index < -0.39 is 16.7 Å². The van der Waals surface area contributed by atoms with E-state index in [1.165, 1.54) is 39.5 Å². The summed E-state index contributed by atoms with van der Waals surface area (Å²) < 4.78 is 6.21. The highest BCUT2D eigenvalue weighted by Gasteiger charge is 2.29. The number of nitrogens with zero attached hydrogens (tertiary/aromatic N) is 3. The summed E-state index contributed by atoms with van der Waals surface area (Å²) in [6.07, 6.45) is 0.839. The van der Waals surface area contributed by atoms with E-state index in [9.17, 15) is 14.9 Å². The topological polar surface area (TPSA) is 102 Å². The van der Waals surface area contributed by atoms with Crippen LogP contribution in [0.15, 0.2) is 71.1 Å². The molecule has 0 unspecified atom stereocenters. The number of carbonyl (C=O) groups excluding carboxylic acids is 1. The van der Waals surface area contributed by atoms with E-state index in [1.807, 2.05) is 42.5 Å². The third-order valence-electron chi connectivity index (χ3n) is 6.12. The Labute approximate surface area is 214 Å². The lowest BCUT2D eigenvalue weighted by molar-refractivity contribution is -0.402. The van der Waals surface area contributed by atoms with E-state index >= 15 is 0 Å². The monoisotopic (exact) mass is 516 g/mol. The molecule has 0 fully saturated rings. The summed E-state index contributed by atoms with van der Waals surface area (Å²) in [4.78, 5) is 31.8. The molecule has 0 saturated carbocycles. The Bertz CT molecular complexity index is 1560. The summed E-state index contributed by atoms with van der Waals surface area (Å²) in [6.45, 7) is 2.52. The van der Waals surface area contributed by atoms with Crippen LogP contribution in [-0.2, 0) is 19.5 Å². The molecule has 1 aliphatic heterocycles. The Morgan fingerprint density at radius 2 is 1.89 bits per heavy atom. The largest absolute Gasteiger partial charge is 0.433 e. The van der Waals surface area contributed by atoms with Crippen molar-refractivity contribution in [1.82, 2.24) is 9.88 Å². The number of para-hydroxylation sites is 1. The molecule has 6 rings (SSSR count). The molecule has 4 heterocycles. The molecule has 5 aromatic rings. The molecule has 3 aromatic heterocycles. The van der Waals surface area contributed by atoms with Gasteiger partial charge in [-0.2, -0.15) is 0 Å². The smallest absolute Gasteiger partial charge is 0.395 e. The molecule has 0 atom stereocenters. The average Bonchev–Trinajstić information content (AvgIpc) is 3.61. The number of thiazole rings is 1.